The van der Waals surface area contributed by atoms with Crippen LogP contribution in [-0.2, 0) is 16.0 Å². The molecule has 0 radical (unpaired) electrons. The number of carbonyl (C=O) groups excluding carboxylic acids is 2. The van der Waals surface area contributed by atoms with Gasteiger partial charge in [-0.1, -0.05) is 26.0 Å². The summed E-state index contributed by atoms with van der Waals surface area (Å²) >= 11 is 0. The highest BCUT2D eigenvalue weighted by Crippen LogP contribution is 2.16. The van der Waals surface area contributed by atoms with E-state index in [1.807, 2.05) is 13.8 Å². The molecule has 0 aliphatic heterocycles. The van der Waals surface area contributed by atoms with Gasteiger partial charge < -0.3 is 10.6 Å². The lowest BCUT2D eigenvalue weighted by molar-refractivity contribution is -0.384. The molecule has 0 heterocycles. The summed E-state index contributed by atoms with van der Waals surface area (Å²) in [4.78, 5) is 33.8. The molecular weight excluding hydrogens is 322 g/mol. The molecule has 25 heavy (non-hydrogen) atoms. The number of benzene rings is 2. The van der Waals surface area contributed by atoms with Crippen molar-refractivity contribution < 1.29 is 14.5 Å². The van der Waals surface area contributed by atoms with Crippen LogP contribution in [0.3, 0.4) is 0 Å². The van der Waals surface area contributed by atoms with Crippen molar-refractivity contribution in [3.63, 3.8) is 0 Å². The zero-order valence-corrected chi connectivity index (χ0v) is 14.0. The van der Waals surface area contributed by atoms with Gasteiger partial charge in [-0.2, -0.15) is 0 Å². The number of nitrogens with one attached hydrogen (secondary N) is 2. The molecule has 0 unspecified atom stereocenters. The molecule has 0 spiro atoms. The predicted octanol–water partition coefficient (Wildman–Crippen LogP) is 3.37. The van der Waals surface area contributed by atoms with Gasteiger partial charge in [-0.3, -0.25) is 19.7 Å². The third-order valence-corrected chi connectivity index (χ3v) is 3.47. The monoisotopic (exact) mass is 341 g/mol. The smallest absolute Gasteiger partial charge is 0.269 e. The van der Waals surface area contributed by atoms with Crippen LogP contribution in [0.1, 0.15) is 19.4 Å². The van der Waals surface area contributed by atoms with Gasteiger partial charge in [-0.15, -0.1) is 0 Å². The molecule has 7 nitrogen and oxygen atoms in total. The lowest BCUT2D eigenvalue weighted by atomic mass is 10.1. The van der Waals surface area contributed by atoms with Crippen molar-refractivity contribution in [2.24, 2.45) is 5.92 Å². The second kappa shape index (κ2) is 8.05. The van der Waals surface area contributed by atoms with Crippen molar-refractivity contribution in [2.45, 2.75) is 20.3 Å². The number of nitrogens with zero attached hydrogens (tertiary/aromatic N) is 1. The van der Waals surface area contributed by atoms with Gasteiger partial charge in [0.25, 0.3) is 5.69 Å². The lowest BCUT2D eigenvalue weighted by Crippen LogP contribution is -2.18. The first-order chi connectivity index (χ1) is 11.8. The van der Waals surface area contributed by atoms with Crippen molar-refractivity contribution >= 4 is 28.9 Å². The summed E-state index contributed by atoms with van der Waals surface area (Å²) in [6.45, 7) is 3.62. The second-order valence-corrected chi connectivity index (χ2v) is 5.87. The maximum atomic E-state index is 12.0. The molecule has 2 aromatic rings. The molecule has 0 saturated heterocycles. The zero-order valence-electron chi connectivity index (χ0n) is 14.0. The average molecular weight is 341 g/mol. The predicted molar refractivity (Wildman–Crippen MR) is 95.3 cm³/mol. The van der Waals surface area contributed by atoms with Crippen LogP contribution < -0.4 is 10.6 Å². The fourth-order valence-corrected chi connectivity index (χ4v) is 2.05. The molecule has 2 N–H and O–H groups in total. The van der Waals surface area contributed by atoms with Crippen LogP contribution in [0.5, 0.6) is 0 Å². The number of anilines is 2. The summed E-state index contributed by atoms with van der Waals surface area (Å²) in [6.07, 6.45) is 0.115. The fraction of sp³-hybridized carbons (Fsp3) is 0.222. The Labute approximate surface area is 145 Å². The minimum Gasteiger partial charge on any atom is -0.326 e. The van der Waals surface area contributed by atoms with E-state index in [4.69, 9.17) is 0 Å². The molecule has 0 fully saturated rings. The standard InChI is InChI=1S/C18H19N3O4/c1-12(2)18(23)20-15-7-5-14(6-8-15)19-17(22)11-13-3-9-16(10-4-13)21(24)25/h3-10,12H,11H2,1-2H3,(H,19,22)(H,20,23). The van der Waals surface area contributed by atoms with E-state index in [0.29, 0.717) is 16.9 Å². The molecule has 0 aliphatic rings. The lowest BCUT2D eigenvalue weighted by Gasteiger charge is -2.09. The maximum Gasteiger partial charge on any atom is 0.269 e. The number of nitro benzene ring substituents is 1. The molecule has 0 bridgehead atoms. The molecule has 2 rings (SSSR count). The highest BCUT2D eigenvalue weighted by molar-refractivity contribution is 5.94. The summed E-state index contributed by atoms with van der Waals surface area (Å²) in [5.74, 6) is -0.413. The van der Waals surface area contributed by atoms with Gasteiger partial charge in [0.15, 0.2) is 0 Å². The average Bonchev–Trinajstić information content (AvgIpc) is 2.57. The third-order valence-electron chi connectivity index (χ3n) is 3.47. The first-order valence-corrected chi connectivity index (χ1v) is 7.79. The number of hydrogen-bond acceptors (Lipinski definition) is 4. The van der Waals surface area contributed by atoms with E-state index < -0.39 is 4.92 Å². The summed E-state index contributed by atoms with van der Waals surface area (Å²) in [5, 5.41) is 16.1. The van der Waals surface area contributed by atoms with E-state index in [1.165, 1.54) is 12.1 Å². The van der Waals surface area contributed by atoms with E-state index >= 15 is 0 Å². The largest absolute Gasteiger partial charge is 0.326 e. The highest BCUT2D eigenvalue weighted by atomic mass is 16.6. The summed E-state index contributed by atoms with van der Waals surface area (Å²) in [6, 6.07) is 12.7. The van der Waals surface area contributed by atoms with Crippen molar-refractivity contribution in [2.75, 3.05) is 10.6 Å². The third kappa shape index (κ3) is 5.42. The topological polar surface area (TPSA) is 101 Å². The zero-order chi connectivity index (χ0) is 18.4. The van der Waals surface area contributed by atoms with Gasteiger partial charge in [-0.25, -0.2) is 0 Å². The normalized spacial score (nSPS) is 10.4. The Balaban J connectivity index is 1.91. The SMILES string of the molecule is CC(C)C(=O)Nc1ccc(NC(=O)Cc2ccc([N+](=O)[O-])cc2)cc1. The Morgan fingerprint density at radius 3 is 1.96 bits per heavy atom. The van der Waals surface area contributed by atoms with E-state index in [9.17, 15) is 19.7 Å². The fourth-order valence-electron chi connectivity index (χ4n) is 2.05. The van der Waals surface area contributed by atoms with E-state index in [1.54, 1.807) is 36.4 Å². The van der Waals surface area contributed by atoms with Crippen LogP contribution in [-0.4, -0.2) is 16.7 Å². The van der Waals surface area contributed by atoms with Gasteiger partial charge in [0.1, 0.15) is 0 Å². The highest BCUT2D eigenvalue weighted by Gasteiger charge is 2.09. The number of rotatable bonds is 6. The van der Waals surface area contributed by atoms with E-state index in [-0.39, 0.29) is 29.8 Å². The first-order valence-electron chi connectivity index (χ1n) is 7.79. The van der Waals surface area contributed by atoms with Crippen LogP contribution in [0.15, 0.2) is 48.5 Å². The first kappa shape index (κ1) is 18.1. The molecule has 7 heteroatoms. The van der Waals surface area contributed by atoms with Gasteiger partial charge in [-0.05, 0) is 29.8 Å². The Morgan fingerprint density at radius 1 is 0.960 bits per heavy atom. The summed E-state index contributed by atoms with van der Waals surface area (Å²) < 4.78 is 0. The van der Waals surface area contributed by atoms with Crippen LogP contribution in [0.2, 0.25) is 0 Å². The number of hydrogen-bond donors (Lipinski definition) is 2. The second-order valence-electron chi connectivity index (χ2n) is 5.87. The Kier molecular flexibility index (Phi) is 5.84. The molecule has 0 aromatic heterocycles. The molecule has 0 saturated carbocycles. The van der Waals surface area contributed by atoms with Crippen molar-refractivity contribution in [1.29, 1.82) is 0 Å². The number of amides is 2. The van der Waals surface area contributed by atoms with Crippen molar-refractivity contribution in [1.82, 2.24) is 0 Å². The van der Waals surface area contributed by atoms with Gasteiger partial charge in [0, 0.05) is 29.4 Å². The molecule has 0 atom stereocenters. The molecule has 2 amide bonds. The molecule has 130 valence electrons. The molecule has 0 aliphatic carbocycles. The minimum atomic E-state index is -0.483. The van der Waals surface area contributed by atoms with Crippen LogP contribution in [0.4, 0.5) is 17.1 Å². The van der Waals surface area contributed by atoms with Crippen LogP contribution >= 0.6 is 0 Å². The molecule has 2 aromatic carbocycles. The van der Waals surface area contributed by atoms with Crippen molar-refractivity contribution in [3.05, 3.63) is 64.2 Å². The van der Waals surface area contributed by atoms with Crippen molar-refractivity contribution in [3.8, 4) is 0 Å². The van der Waals surface area contributed by atoms with Crippen LogP contribution in [0.25, 0.3) is 0 Å². The Bertz CT molecular complexity index is 768. The van der Waals surface area contributed by atoms with Gasteiger partial charge in [0.2, 0.25) is 11.8 Å². The summed E-state index contributed by atoms with van der Waals surface area (Å²) in [7, 11) is 0. The van der Waals surface area contributed by atoms with Gasteiger partial charge >= 0.3 is 0 Å². The minimum absolute atomic E-state index is 0.0109. The van der Waals surface area contributed by atoms with E-state index in [2.05, 4.69) is 10.6 Å². The summed E-state index contributed by atoms with van der Waals surface area (Å²) in [5.41, 5.74) is 1.94. The van der Waals surface area contributed by atoms with Gasteiger partial charge in [0.05, 0.1) is 11.3 Å². The number of nitro groups is 1. The number of non-ortho nitro benzene ring substituents is 1. The van der Waals surface area contributed by atoms with Crippen LogP contribution in [0, 0.1) is 16.0 Å². The quantitative estimate of drug-likeness (QED) is 0.621. The maximum absolute atomic E-state index is 12.0. The Hall–Kier alpha value is -3.22. The molecular formula is C18H19N3O4. The number of carbonyl (C=O) groups is 2. The van der Waals surface area contributed by atoms with E-state index in [0.717, 1.165) is 0 Å². The Morgan fingerprint density at radius 2 is 1.48 bits per heavy atom.